The van der Waals surface area contributed by atoms with E-state index in [1.807, 2.05) is 0 Å². The Balaban J connectivity index is 2.10. The van der Waals surface area contributed by atoms with Gasteiger partial charge in [-0.15, -0.1) is 0 Å². The summed E-state index contributed by atoms with van der Waals surface area (Å²) in [6.45, 7) is 1.35. The number of aliphatic hydroxyl groups excluding tert-OH is 1. The van der Waals surface area contributed by atoms with Gasteiger partial charge in [-0.3, -0.25) is 4.79 Å². The van der Waals surface area contributed by atoms with Gasteiger partial charge in [-0.25, -0.2) is 0 Å². The number of amides is 1. The monoisotopic (exact) mass is 173 g/mol. The van der Waals surface area contributed by atoms with Crippen LogP contribution in [0.25, 0.3) is 0 Å². The SMILES string of the molecule is O=C(NCCCO)[C@H]1CCCO1. The van der Waals surface area contributed by atoms with Crippen molar-refractivity contribution in [2.75, 3.05) is 19.8 Å². The van der Waals surface area contributed by atoms with Gasteiger partial charge in [-0.05, 0) is 19.3 Å². The molecule has 1 rings (SSSR count). The van der Waals surface area contributed by atoms with Crippen molar-refractivity contribution >= 4 is 5.91 Å². The molecule has 1 aliphatic rings. The van der Waals surface area contributed by atoms with Crippen LogP contribution in [0.4, 0.5) is 0 Å². The third-order valence-corrected chi connectivity index (χ3v) is 1.86. The zero-order valence-electron chi connectivity index (χ0n) is 7.08. The maximum atomic E-state index is 11.2. The van der Waals surface area contributed by atoms with Gasteiger partial charge in [0, 0.05) is 19.8 Å². The third-order valence-electron chi connectivity index (χ3n) is 1.86. The van der Waals surface area contributed by atoms with Crippen molar-refractivity contribution in [3.63, 3.8) is 0 Å². The highest BCUT2D eigenvalue weighted by Gasteiger charge is 2.22. The Kier molecular flexibility index (Phi) is 4.04. The Morgan fingerprint density at radius 2 is 2.50 bits per heavy atom. The van der Waals surface area contributed by atoms with E-state index in [0.29, 0.717) is 19.6 Å². The van der Waals surface area contributed by atoms with E-state index in [1.54, 1.807) is 0 Å². The molecule has 0 unspecified atom stereocenters. The molecule has 0 radical (unpaired) electrons. The van der Waals surface area contributed by atoms with Crippen LogP contribution in [0, 0.1) is 0 Å². The van der Waals surface area contributed by atoms with Crippen LogP contribution < -0.4 is 5.32 Å². The normalized spacial score (nSPS) is 22.6. The fraction of sp³-hybridized carbons (Fsp3) is 0.875. The highest BCUT2D eigenvalue weighted by atomic mass is 16.5. The molecule has 0 spiro atoms. The van der Waals surface area contributed by atoms with Crippen LogP contribution >= 0.6 is 0 Å². The molecule has 12 heavy (non-hydrogen) atoms. The van der Waals surface area contributed by atoms with Crippen molar-refractivity contribution in [2.45, 2.75) is 25.4 Å². The minimum atomic E-state index is -0.247. The lowest BCUT2D eigenvalue weighted by molar-refractivity contribution is -0.130. The standard InChI is InChI=1S/C8H15NO3/c10-5-2-4-9-8(11)7-3-1-6-12-7/h7,10H,1-6H2,(H,9,11)/t7-/m1/s1. The molecule has 2 N–H and O–H groups in total. The highest BCUT2D eigenvalue weighted by Crippen LogP contribution is 2.11. The van der Waals surface area contributed by atoms with E-state index in [0.717, 1.165) is 12.8 Å². The fourth-order valence-corrected chi connectivity index (χ4v) is 1.19. The van der Waals surface area contributed by atoms with Crippen molar-refractivity contribution in [3.8, 4) is 0 Å². The number of carbonyl (C=O) groups is 1. The van der Waals surface area contributed by atoms with Crippen molar-refractivity contribution in [2.24, 2.45) is 0 Å². The molecule has 0 aromatic rings. The maximum absolute atomic E-state index is 11.2. The second kappa shape index (κ2) is 5.11. The van der Waals surface area contributed by atoms with E-state index >= 15 is 0 Å². The highest BCUT2D eigenvalue weighted by molar-refractivity contribution is 5.80. The molecule has 4 heteroatoms. The average Bonchev–Trinajstić information content (AvgIpc) is 2.56. The molecule has 0 aromatic carbocycles. The molecule has 0 bridgehead atoms. The fourth-order valence-electron chi connectivity index (χ4n) is 1.19. The molecule has 1 atom stereocenters. The molecular weight excluding hydrogens is 158 g/mol. The predicted octanol–water partition coefficient (Wildman–Crippen LogP) is -0.336. The average molecular weight is 173 g/mol. The number of aliphatic hydroxyl groups is 1. The Morgan fingerprint density at radius 3 is 3.08 bits per heavy atom. The predicted molar refractivity (Wildman–Crippen MR) is 43.7 cm³/mol. The van der Waals surface area contributed by atoms with E-state index in [-0.39, 0.29) is 18.6 Å². The summed E-state index contributed by atoms with van der Waals surface area (Å²) < 4.78 is 5.17. The molecule has 0 aromatic heterocycles. The Hall–Kier alpha value is -0.610. The largest absolute Gasteiger partial charge is 0.396 e. The quantitative estimate of drug-likeness (QED) is 0.572. The molecule has 1 amide bonds. The van der Waals surface area contributed by atoms with Gasteiger partial charge < -0.3 is 15.2 Å². The second-order valence-corrected chi connectivity index (χ2v) is 2.87. The molecule has 4 nitrogen and oxygen atoms in total. The minimum absolute atomic E-state index is 0.0408. The van der Waals surface area contributed by atoms with E-state index in [9.17, 15) is 4.79 Å². The summed E-state index contributed by atoms with van der Waals surface area (Å²) in [7, 11) is 0. The number of ether oxygens (including phenoxy) is 1. The molecule has 70 valence electrons. The summed E-state index contributed by atoms with van der Waals surface area (Å²) >= 11 is 0. The molecule has 1 heterocycles. The first kappa shape index (κ1) is 9.48. The first-order chi connectivity index (χ1) is 5.84. The lowest BCUT2D eigenvalue weighted by Gasteiger charge is -2.09. The summed E-state index contributed by atoms with van der Waals surface area (Å²) in [6.07, 6.45) is 2.16. The van der Waals surface area contributed by atoms with Crippen LogP contribution in [0.1, 0.15) is 19.3 Å². The topological polar surface area (TPSA) is 58.6 Å². The molecule has 1 fully saturated rings. The van der Waals surface area contributed by atoms with E-state index < -0.39 is 0 Å². The van der Waals surface area contributed by atoms with Crippen molar-refractivity contribution < 1.29 is 14.6 Å². The van der Waals surface area contributed by atoms with Crippen molar-refractivity contribution in [1.29, 1.82) is 0 Å². The Labute approximate surface area is 71.9 Å². The molecule has 0 saturated carbocycles. The molecule has 1 aliphatic heterocycles. The number of rotatable bonds is 4. The first-order valence-corrected chi connectivity index (χ1v) is 4.35. The summed E-state index contributed by atoms with van der Waals surface area (Å²) in [5.41, 5.74) is 0. The summed E-state index contributed by atoms with van der Waals surface area (Å²) in [5, 5.41) is 11.2. The lowest BCUT2D eigenvalue weighted by atomic mass is 10.2. The summed E-state index contributed by atoms with van der Waals surface area (Å²) in [5.74, 6) is -0.0408. The molecular formula is C8H15NO3. The van der Waals surface area contributed by atoms with E-state index in [1.165, 1.54) is 0 Å². The Morgan fingerprint density at radius 1 is 1.67 bits per heavy atom. The summed E-state index contributed by atoms with van der Waals surface area (Å²) in [6, 6.07) is 0. The van der Waals surface area contributed by atoms with Gasteiger partial charge in [0.1, 0.15) is 6.10 Å². The van der Waals surface area contributed by atoms with Crippen molar-refractivity contribution in [3.05, 3.63) is 0 Å². The van der Waals surface area contributed by atoms with Crippen LogP contribution in [-0.2, 0) is 9.53 Å². The number of carbonyl (C=O) groups excluding carboxylic acids is 1. The Bertz CT molecular complexity index is 143. The molecule has 0 aliphatic carbocycles. The van der Waals surface area contributed by atoms with Crippen LogP contribution in [0.2, 0.25) is 0 Å². The van der Waals surface area contributed by atoms with Gasteiger partial charge >= 0.3 is 0 Å². The smallest absolute Gasteiger partial charge is 0.249 e. The van der Waals surface area contributed by atoms with Gasteiger partial charge in [0.05, 0.1) is 0 Å². The van der Waals surface area contributed by atoms with Gasteiger partial charge in [0.15, 0.2) is 0 Å². The van der Waals surface area contributed by atoms with Crippen molar-refractivity contribution in [1.82, 2.24) is 5.32 Å². The zero-order valence-corrected chi connectivity index (χ0v) is 7.08. The summed E-state index contributed by atoms with van der Waals surface area (Å²) in [4.78, 5) is 11.2. The van der Waals surface area contributed by atoms with Crippen LogP contribution in [0.15, 0.2) is 0 Å². The molecule has 1 saturated heterocycles. The number of hydrogen-bond acceptors (Lipinski definition) is 3. The van der Waals surface area contributed by atoms with Crippen LogP contribution in [0.5, 0.6) is 0 Å². The lowest BCUT2D eigenvalue weighted by Crippen LogP contribution is -2.34. The van der Waals surface area contributed by atoms with Gasteiger partial charge in [0.2, 0.25) is 5.91 Å². The zero-order chi connectivity index (χ0) is 8.81. The van der Waals surface area contributed by atoms with E-state index in [4.69, 9.17) is 9.84 Å². The van der Waals surface area contributed by atoms with Gasteiger partial charge in [0.25, 0.3) is 0 Å². The van der Waals surface area contributed by atoms with Gasteiger partial charge in [-0.1, -0.05) is 0 Å². The van der Waals surface area contributed by atoms with Gasteiger partial charge in [-0.2, -0.15) is 0 Å². The first-order valence-electron chi connectivity index (χ1n) is 4.35. The second-order valence-electron chi connectivity index (χ2n) is 2.87. The van der Waals surface area contributed by atoms with Crippen LogP contribution in [0.3, 0.4) is 0 Å². The number of nitrogens with one attached hydrogen (secondary N) is 1. The number of hydrogen-bond donors (Lipinski definition) is 2. The maximum Gasteiger partial charge on any atom is 0.249 e. The van der Waals surface area contributed by atoms with E-state index in [2.05, 4.69) is 5.32 Å². The van der Waals surface area contributed by atoms with Crippen LogP contribution in [-0.4, -0.2) is 36.9 Å². The minimum Gasteiger partial charge on any atom is -0.396 e. The third kappa shape index (κ3) is 2.79.